The number of rotatable bonds is 3. The molecule has 2 N–H and O–H groups in total. The molecule has 0 heterocycles. The highest BCUT2D eigenvalue weighted by molar-refractivity contribution is 7.99. The van der Waals surface area contributed by atoms with Crippen molar-refractivity contribution in [1.29, 1.82) is 0 Å². The van der Waals surface area contributed by atoms with Gasteiger partial charge in [-0.15, -0.1) is 11.8 Å². The molecule has 0 aliphatic carbocycles. The molecule has 0 fully saturated rings. The van der Waals surface area contributed by atoms with Crippen LogP contribution < -0.4 is 5.73 Å². The summed E-state index contributed by atoms with van der Waals surface area (Å²) in [5, 5.41) is 0. The van der Waals surface area contributed by atoms with Gasteiger partial charge in [-0.1, -0.05) is 6.07 Å². The third-order valence-electron chi connectivity index (χ3n) is 1.86. The standard InChI is InChI=1S/C9H13NO2S2/c1-13-8-4-3-7(6-10)5-9(8)14(2,11)12/h3-5H,6,10H2,1-2H3. The van der Waals surface area contributed by atoms with Crippen molar-refractivity contribution in [3.63, 3.8) is 0 Å². The van der Waals surface area contributed by atoms with Crippen LogP contribution >= 0.6 is 11.8 Å². The van der Waals surface area contributed by atoms with E-state index >= 15 is 0 Å². The molecule has 0 spiro atoms. The number of hydrogen-bond acceptors (Lipinski definition) is 4. The number of thioether (sulfide) groups is 1. The van der Waals surface area contributed by atoms with Gasteiger partial charge in [0, 0.05) is 17.7 Å². The number of benzene rings is 1. The summed E-state index contributed by atoms with van der Waals surface area (Å²) < 4.78 is 22.9. The number of nitrogens with two attached hydrogens (primary N) is 1. The average molecular weight is 231 g/mol. The first-order valence-corrected chi connectivity index (χ1v) is 7.17. The predicted molar refractivity (Wildman–Crippen MR) is 59.2 cm³/mol. The van der Waals surface area contributed by atoms with Crippen molar-refractivity contribution in [2.24, 2.45) is 5.73 Å². The van der Waals surface area contributed by atoms with Crippen LogP contribution in [0.5, 0.6) is 0 Å². The fraction of sp³-hybridized carbons (Fsp3) is 0.333. The van der Waals surface area contributed by atoms with Crippen LogP contribution in [0.25, 0.3) is 0 Å². The molecule has 0 radical (unpaired) electrons. The lowest BCUT2D eigenvalue weighted by atomic mass is 10.2. The van der Waals surface area contributed by atoms with Crippen molar-refractivity contribution >= 4 is 21.6 Å². The van der Waals surface area contributed by atoms with E-state index in [-0.39, 0.29) is 0 Å². The maximum atomic E-state index is 11.4. The normalized spacial score (nSPS) is 11.6. The minimum Gasteiger partial charge on any atom is -0.326 e. The molecular formula is C9H13NO2S2. The monoisotopic (exact) mass is 231 g/mol. The smallest absolute Gasteiger partial charge is 0.176 e. The molecule has 1 rings (SSSR count). The second kappa shape index (κ2) is 4.33. The molecule has 0 unspecified atom stereocenters. The van der Waals surface area contributed by atoms with Gasteiger partial charge in [0.25, 0.3) is 0 Å². The first-order chi connectivity index (χ1) is 6.49. The minimum absolute atomic E-state index is 0.358. The van der Waals surface area contributed by atoms with Gasteiger partial charge in [-0.2, -0.15) is 0 Å². The highest BCUT2D eigenvalue weighted by Crippen LogP contribution is 2.25. The van der Waals surface area contributed by atoms with E-state index in [9.17, 15) is 8.42 Å². The van der Waals surface area contributed by atoms with Gasteiger partial charge in [-0.3, -0.25) is 0 Å². The van der Waals surface area contributed by atoms with E-state index < -0.39 is 9.84 Å². The lowest BCUT2D eigenvalue weighted by molar-refractivity contribution is 0.599. The quantitative estimate of drug-likeness (QED) is 0.796. The van der Waals surface area contributed by atoms with Crippen molar-refractivity contribution in [1.82, 2.24) is 0 Å². The van der Waals surface area contributed by atoms with Crippen LogP contribution in [-0.4, -0.2) is 20.9 Å². The van der Waals surface area contributed by atoms with E-state index in [0.29, 0.717) is 11.4 Å². The van der Waals surface area contributed by atoms with Crippen molar-refractivity contribution in [2.45, 2.75) is 16.3 Å². The Labute approximate surface area is 88.6 Å². The first-order valence-electron chi connectivity index (χ1n) is 4.06. The Balaban J connectivity index is 3.37. The Bertz CT molecular complexity index is 426. The summed E-state index contributed by atoms with van der Waals surface area (Å²) in [7, 11) is -3.15. The zero-order chi connectivity index (χ0) is 10.8. The van der Waals surface area contributed by atoms with Crippen LogP contribution in [0.4, 0.5) is 0 Å². The van der Waals surface area contributed by atoms with Gasteiger partial charge in [0.05, 0.1) is 4.90 Å². The van der Waals surface area contributed by atoms with Gasteiger partial charge in [0.2, 0.25) is 0 Å². The van der Waals surface area contributed by atoms with Crippen LogP contribution in [0.1, 0.15) is 5.56 Å². The largest absolute Gasteiger partial charge is 0.326 e. The maximum absolute atomic E-state index is 11.4. The van der Waals surface area contributed by atoms with Gasteiger partial charge >= 0.3 is 0 Å². The molecule has 0 saturated carbocycles. The molecule has 0 bridgehead atoms. The molecule has 0 saturated heterocycles. The molecule has 0 aliphatic rings. The lowest BCUT2D eigenvalue weighted by Crippen LogP contribution is -2.03. The van der Waals surface area contributed by atoms with E-state index in [1.54, 1.807) is 12.1 Å². The summed E-state index contributed by atoms with van der Waals surface area (Å²) in [4.78, 5) is 1.14. The molecule has 1 aromatic carbocycles. The summed E-state index contributed by atoms with van der Waals surface area (Å²) in [5.41, 5.74) is 6.29. The predicted octanol–water partition coefficient (Wildman–Crippen LogP) is 1.27. The SMILES string of the molecule is CSc1ccc(CN)cc1S(C)(=O)=O. The van der Waals surface area contributed by atoms with Crippen LogP contribution in [0, 0.1) is 0 Å². The number of sulfone groups is 1. The molecule has 14 heavy (non-hydrogen) atoms. The van der Waals surface area contributed by atoms with E-state index in [4.69, 9.17) is 5.73 Å². The molecule has 0 amide bonds. The van der Waals surface area contributed by atoms with Crippen molar-refractivity contribution in [3.8, 4) is 0 Å². The van der Waals surface area contributed by atoms with Crippen LogP contribution in [0.2, 0.25) is 0 Å². The average Bonchev–Trinajstić information content (AvgIpc) is 2.15. The summed E-state index contributed by atoms with van der Waals surface area (Å²) in [6, 6.07) is 5.28. The topological polar surface area (TPSA) is 60.2 Å². The molecular weight excluding hydrogens is 218 g/mol. The van der Waals surface area contributed by atoms with Crippen molar-refractivity contribution in [2.75, 3.05) is 12.5 Å². The Morgan fingerprint density at radius 3 is 2.50 bits per heavy atom. The summed E-state index contributed by atoms with van der Waals surface area (Å²) in [5.74, 6) is 0. The molecule has 0 aromatic heterocycles. The third-order valence-corrected chi connectivity index (χ3v) is 3.92. The second-order valence-corrected chi connectivity index (χ2v) is 5.79. The Morgan fingerprint density at radius 1 is 1.43 bits per heavy atom. The van der Waals surface area contributed by atoms with E-state index in [1.165, 1.54) is 18.0 Å². The first kappa shape index (κ1) is 11.6. The summed E-state index contributed by atoms with van der Waals surface area (Å²) >= 11 is 1.42. The number of hydrogen-bond donors (Lipinski definition) is 1. The van der Waals surface area contributed by atoms with E-state index in [0.717, 1.165) is 10.5 Å². The van der Waals surface area contributed by atoms with Crippen molar-refractivity contribution < 1.29 is 8.42 Å². The zero-order valence-electron chi connectivity index (χ0n) is 8.15. The Hall–Kier alpha value is -0.520. The van der Waals surface area contributed by atoms with Gasteiger partial charge < -0.3 is 5.73 Å². The Kier molecular flexibility index (Phi) is 3.58. The lowest BCUT2D eigenvalue weighted by Gasteiger charge is -2.06. The highest BCUT2D eigenvalue weighted by Gasteiger charge is 2.12. The maximum Gasteiger partial charge on any atom is 0.176 e. The van der Waals surface area contributed by atoms with Crippen LogP contribution in [-0.2, 0) is 16.4 Å². The van der Waals surface area contributed by atoms with Crippen molar-refractivity contribution in [3.05, 3.63) is 23.8 Å². The van der Waals surface area contributed by atoms with E-state index in [2.05, 4.69) is 0 Å². The third kappa shape index (κ3) is 2.50. The van der Waals surface area contributed by atoms with Gasteiger partial charge in [-0.25, -0.2) is 8.42 Å². The zero-order valence-corrected chi connectivity index (χ0v) is 9.78. The highest BCUT2D eigenvalue weighted by atomic mass is 32.2. The van der Waals surface area contributed by atoms with Gasteiger partial charge in [0.15, 0.2) is 9.84 Å². The summed E-state index contributed by atoms with van der Waals surface area (Å²) in [6.45, 7) is 0.358. The van der Waals surface area contributed by atoms with E-state index in [1.807, 2.05) is 12.3 Å². The molecule has 1 aromatic rings. The molecule has 3 nitrogen and oxygen atoms in total. The van der Waals surface area contributed by atoms with Crippen LogP contribution in [0.15, 0.2) is 28.0 Å². The fourth-order valence-electron chi connectivity index (χ4n) is 1.14. The molecule has 78 valence electrons. The summed E-state index contributed by atoms with van der Waals surface area (Å²) in [6.07, 6.45) is 3.06. The molecule has 0 aliphatic heterocycles. The molecule has 5 heteroatoms. The van der Waals surface area contributed by atoms with Gasteiger partial charge in [-0.05, 0) is 24.0 Å². The molecule has 0 atom stereocenters. The van der Waals surface area contributed by atoms with Gasteiger partial charge in [0.1, 0.15) is 0 Å². The fourth-order valence-corrected chi connectivity index (χ4v) is 3.11. The minimum atomic E-state index is -3.15. The Morgan fingerprint density at radius 2 is 2.07 bits per heavy atom. The van der Waals surface area contributed by atoms with Crippen LogP contribution in [0.3, 0.4) is 0 Å². The second-order valence-electron chi connectivity index (χ2n) is 2.96.